The largest absolute Gasteiger partial charge is 0.492 e. The lowest BCUT2D eigenvalue weighted by atomic mass is 9.75. The van der Waals surface area contributed by atoms with Gasteiger partial charge in [-0.05, 0) is 147 Å². The number of para-hydroxylation sites is 1. The van der Waals surface area contributed by atoms with Crippen LogP contribution in [0.15, 0.2) is 97.2 Å². The Balaban J connectivity index is 1.00. The van der Waals surface area contributed by atoms with Gasteiger partial charge in [-0.3, -0.25) is 91.1 Å². The lowest BCUT2D eigenvalue weighted by molar-refractivity contribution is -0.142. The highest BCUT2D eigenvalue weighted by molar-refractivity contribution is 7.99. The number of aliphatic hydroxyl groups is 1. The van der Waals surface area contributed by atoms with E-state index in [1.54, 1.807) is 91.1 Å². The first-order valence-corrected chi connectivity index (χ1v) is 49.1. The number of carbonyl (C=O) groups is 19. The SMILES string of the molecule is CC(=O)NC1CCSCC(C(=O)NC(Cc2ccc(OCCN)cc2)C(=O)NC(Cc2ccc3ccccc3c2)C(=O)NC2(C(=O)NC(CCC(=O)O)C(=O)NC(CC(N)=O)C(=O)NC(CC(N)=O)C(=O)NC(CCCCNC3CCC(C4CCCCCC4)CC3)C(N)=O)CCOCC2)NC(=O)C(CCC(N)=O)NC(=O)C(Cc2c[nH]c3ccccc23)NC(=O)C(C(C)O)NC(=O)C(CCC(N)=O)NC1=O. The summed E-state index contributed by atoms with van der Waals surface area (Å²) in [7, 11) is 0. The van der Waals surface area contributed by atoms with Crippen molar-refractivity contribution in [1.82, 2.24) is 79.4 Å². The van der Waals surface area contributed by atoms with Gasteiger partial charge in [-0.1, -0.05) is 111 Å². The van der Waals surface area contributed by atoms with E-state index in [0.717, 1.165) is 68.5 Å². The number of aromatic amines is 1. The number of hydrogen-bond acceptors (Lipinski definition) is 25. The Morgan fingerprint density at radius 2 is 1.10 bits per heavy atom. The van der Waals surface area contributed by atoms with Crippen LogP contribution in [0.1, 0.15) is 185 Å². The number of H-pyrrole nitrogens is 1. The number of aromatic nitrogens is 1. The van der Waals surface area contributed by atoms with Crippen LogP contribution in [0.4, 0.5) is 0 Å². The van der Waals surface area contributed by atoms with Gasteiger partial charge in [-0.15, -0.1) is 0 Å². The molecule has 2 saturated carbocycles. The maximum atomic E-state index is 15.9. The van der Waals surface area contributed by atoms with Gasteiger partial charge in [-0.25, -0.2) is 0 Å². The number of carbonyl (C=O) groups excluding carboxylic acids is 18. The number of benzene rings is 4. The van der Waals surface area contributed by atoms with Gasteiger partial charge in [0.05, 0.1) is 18.9 Å². The van der Waals surface area contributed by atoms with Crippen molar-refractivity contribution in [3.8, 4) is 5.75 Å². The third-order valence-corrected chi connectivity index (χ3v) is 26.8. The molecule has 5 aromatic rings. The first kappa shape index (κ1) is 111. The van der Waals surface area contributed by atoms with Gasteiger partial charge in [-0.2, -0.15) is 11.8 Å². The number of hydrogen-bond donors (Lipinski definition) is 23. The second-order valence-electron chi connectivity index (χ2n) is 36.5. The molecule has 2 saturated heterocycles. The zero-order valence-corrected chi connectivity index (χ0v) is 80.2. The number of fused-ring (bicyclic) bond motifs is 2. The first-order chi connectivity index (χ1) is 67.3. The summed E-state index contributed by atoms with van der Waals surface area (Å²) in [6.45, 7) is 2.57. The van der Waals surface area contributed by atoms with Crippen LogP contribution in [0.5, 0.6) is 5.75 Å². The highest BCUT2D eigenvalue weighted by Gasteiger charge is 2.46. The number of primary amides is 5. The van der Waals surface area contributed by atoms with Crippen LogP contribution in [-0.4, -0.2) is 262 Å². The van der Waals surface area contributed by atoms with Crippen molar-refractivity contribution in [3.63, 3.8) is 0 Å². The van der Waals surface area contributed by atoms with Crippen LogP contribution >= 0.6 is 11.8 Å². The van der Waals surface area contributed by atoms with E-state index in [4.69, 9.17) is 43.9 Å². The number of rotatable bonds is 46. The molecular weight excluding hydrogens is 1850 g/mol. The van der Waals surface area contributed by atoms with E-state index in [2.05, 4.69) is 79.4 Å². The number of aliphatic carboxylic acids is 1. The topological polar surface area (TPSA) is 724 Å². The molecule has 29 N–H and O–H groups in total. The van der Waals surface area contributed by atoms with E-state index < -0.39 is 260 Å². The van der Waals surface area contributed by atoms with Crippen LogP contribution < -0.4 is 114 Å². The van der Waals surface area contributed by atoms with Gasteiger partial charge in [0.1, 0.15) is 90.4 Å². The summed E-state index contributed by atoms with van der Waals surface area (Å²) in [5.74, 6) is -19.9. The molecule has 2 aliphatic carbocycles. The minimum atomic E-state index is -2.13. The third-order valence-electron chi connectivity index (χ3n) is 25.7. The van der Waals surface area contributed by atoms with E-state index >= 15 is 28.8 Å². The van der Waals surface area contributed by atoms with Crippen molar-refractivity contribution in [3.05, 3.63) is 114 Å². The summed E-state index contributed by atoms with van der Waals surface area (Å²) >= 11 is 0.903. The number of thioether (sulfide) groups is 1. The molecular formula is C96H135N21O23S. The standard InChI is InChI=1S/C96H135N21O23S/c1-53(118)82-94(137)113-73(48-61-51-104-65-18-10-9-17-64(61)65)89(132)108-67(30-33-77(98)120)84(127)114-76(52-141-44-36-70(105-54(2)119)86(129)107-68(87(130)116-82)31-34-78(99)121)92(135)109-71(46-55-21-28-63(29-22-55)140-43-39-97)88(131)110-72(47-56-20-23-58-15-7-8-16-60(58)45-56)93(136)117-96(37-41-139-42-38-96)95(138)115-69(32-35-81(124)125)85(128)111-75(50-80(101)123)91(134)112-74(49-79(100)122)90(133)106-66(83(102)126)19-11-12-40-103-62-26-24-59(25-27-62)57-13-5-3-4-6-14-57/h7-10,15-18,20-23,28-29,45,51,53,57,59,62,66-76,82,103-104,118H,3-6,11-14,19,24-27,30-44,46-50,52,97H2,1-2H3,(H2,98,120)(H2,99,121)(H2,100,122)(H2,101,123)(H2,102,126)(H,105,119)(H,106,133)(H,107,129)(H,108,132)(H,109,135)(H,110,131)(H,111,128)(H,112,134)(H,113,137)(H,114,127)(H,115,138)(H,116,130)(H,117,136)(H,124,125). The fourth-order valence-electron chi connectivity index (χ4n) is 17.9. The molecule has 0 bridgehead atoms. The predicted octanol–water partition coefficient (Wildman–Crippen LogP) is -2.37. The van der Waals surface area contributed by atoms with Crippen molar-refractivity contribution in [2.45, 2.75) is 277 Å². The molecule has 4 fully saturated rings. The Labute approximate surface area is 819 Å². The van der Waals surface area contributed by atoms with Crippen LogP contribution in [0.25, 0.3) is 21.7 Å². The molecule has 0 spiro atoms. The maximum absolute atomic E-state index is 15.9. The molecule has 18 amide bonds. The van der Waals surface area contributed by atoms with Gasteiger partial charge >= 0.3 is 5.97 Å². The van der Waals surface area contributed by atoms with Crippen LogP contribution in [0, 0.1) is 11.8 Å². The number of amides is 18. The number of nitrogens with one attached hydrogen (secondary N) is 15. The van der Waals surface area contributed by atoms with Crippen molar-refractivity contribution >= 4 is 146 Å². The minimum Gasteiger partial charge on any atom is -0.492 e. The minimum absolute atomic E-state index is 0.0598. The summed E-state index contributed by atoms with van der Waals surface area (Å²) < 4.78 is 11.5. The second-order valence-corrected chi connectivity index (χ2v) is 37.7. The summed E-state index contributed by atoms with van der Waals surface area (Å²) in [4.78, 5) is 272. The Morgan fingerprint density at radius 1 is 0.546 bits per heavy atom. The lowest BCUT2D eigenvalue weighted by Gasteiger charge is -2.38. The highest BCUT2D eigenvalue weighted by atomic mass is 32.2. The number of carboxylic acids is 1. The van der Waals surface area contributed by atoms with Crippen molar-refractivity contribution in [2.75, 3.05) is 44.4 Å². The van der Waals surface area contributed by atoms with E-state index in [0.29, 0.717) is 64.2 Å². The smallest absolute Gasteiger partial charge is 0.303 e. The Kier molecular flexibility index (Phi) is 43.8. The Morgan fingerprint density at radius 3 is 1.71 bits per heavy atom. The maximum Gasteiger partial charge on any atom is 0.303 e. The van der Waals surface area contributed by atoms with Crippen LogP contribution in [0.3, 0.4) is 0 Å². The fourth-order valence-corrected chi connectivity index (χ4v) is 19.0. The first-order valence-electron chi connectivity index (χ1n) is 47.9. The van der Waals surface area contributed by atoms with Gasteiger partial charge in [0, 0.05) is 107 Å². The number of carboxylic acid groups (broad SMARTS) is 1. The molecule has 44 nitrogen and oxygen atoms in total. The Hall–Kier alpha value is -13.4. The lowest BCUT2D eigenvalue weighted by Crippen LogP contribution is -2.67. The molecule has 1 aromatic heterocycles. The fraction of sp³-hybridized carbons (Fsp3) is 0.552. The number of nitrogens with two attached hydrogens (primary N) is 6. The molecule has 13 atom stereocenters. The monoisotopic (exact) mass is 1980 g/mol. The zero-order chi connectivity index (χ0) is 102. The quantitative estimate of drug-likeness (QED) is 0.0143. The van der Waals surface area contributed by atoms with Gasteiger partial charge in [0.25, 0.3) is 0 Å². The highest BCUT2D eigenvalue weighted by Crippen LogP contribution is 2.38. The molecule has 141 heavy (non-hydrogen) atoms. The van der Waals surface area contributed by atoms with E-state index in [-0.39, 0.29) is 70.6 Å². The van der Waals surface area contributed by atoms with Crippen LogP contribution in [-0.2, 0) is 115 Å². The van der Waals surface area contributed by atoms with Gasteiger partial charge in [0.15, 0.2) is 0 Å². The van der Waals surface area contributed by atoms with Crippen LogP contribution in [0.2, 0.25) is 0 Å². The van der Waals surface area contributed by atoms with Gasteiger partial charge in [0.2, 0.25) is 106 Å². The molecule has 9 rings (SSSR count). The van der Waals surface area contributed by atoms with Crippen molar-refractivity contribution in [1.29, 1.82) is 0 Å². The molecule has 0 radical (unpaired) electrons. The summed E-state index contributed by atoms with van der Waals surface area (Å²) in [6, 6.07) is 4.53. The number of unbranched alkanes of at least 4 members (excludes halogenated alkanes) is 1. The summed E-state index contributed by atoms with van der Waals surface area (Å²) in [5, 5.41) is 59.9. The molecule has 2 aliphatic heterocycles. The normalized spacial score (nSPS) is 21.2. The summed E-state index contributed by atoms with van der Waals surface area (Å²) in [5.41, 5.74) is 33.6. The van der Waals surface area contributed by atoms with E-state index in [1.165, 1.54) is 38.5 Å². The number of ether oxygens (including phenoxy) is 2. The predicted molar refractivity (Wildman–Crippen MR) is 517 cm³/mol. The second kappa shape index (κ2) is 55.6. The van der Waals surface area contributed by atoms with Gasteiger partial charge < -0.3 is 134 Å². The average molecular weight is 1980 g/mol. The number of aliphatic hydroxyl groups excluding tert-OH is 1. The molecule has 13 unspecified atom stereocenters. The Bertz CT molecular complexity index is 5220. The average Bonchev–Trinajstić information content (AvgIpc) is 1.54. The third kappa shape index (κ3) is 35.7. The van der Waals surface area contributed by atoms with Crippen molar-refractivity contribution in [2.24, 2.45) is 46.2 Å². The summed E-state index contributed by atoms with van der Waals surface area (Å²) in [6.07, 6.45) is 5.29. The molecule has 3 heterocycles. The van der Waals surface area contributed by atoms with Crippen molar-refractivity contribution < 1.29 is 111 Å². The molecule has 4 aromatic carbocycles. The zero-order valence-electron chi connectivity index (χ0n) is 79.4. The molecule has 45 heteroatoms. The molecule has 4 aliphatic rings. The van der Waals surface area contributed by atoms with E-state index in [9.17, 15) is 72.5 Å². The molecule has 768 valence electrons. The van der Waals surface area contributed by atoms with E-state index in [1.807, 2.05) is 6.07 Å².